The summed E-state index contributed by atoms with van der Waals surface area (Å²) in [6.07, 6.45) is 0. The molecule has 0 saturated heterocycles. The zero-order valence-electron chi connectivity index (χ0n) is 31.3. The molecule has 0 aliphatic rings. The number of benzene rings is 6. The number of anilines is 3. The zero-order chi connectivity index (χ0) is 42.1. The molecule has 1 unspecified atom stereocenters. The molecule has 4 N–H and O–H groups in total. The van der Waals surface area contributed by atoms with E-state index in [9.17, 15) is 18.9 Å². The lowest BCUT2D eigenvalue weighted by Crippen LogP contribution is -2.16. The predicted octanol–water partition coefficient (Wildman–Crippen LogP) is 9.58. The van der Waals surface area contributed by atoms with Gasteiger partial charge in [-0.1, -0.05) is 45.8 Å². The Morgan fingerprint density at radius 1 is 0.661 bits per heavy atom. The minimum absolute atomic E-state index is 0.120. The highest BCUT2D eigenvalue weighted by molar-refractivity contribution is 7.90. The van der Waals surface area contributed by atoms with Gasteiger partial charge < -0.3 is 42.7 Å². The third-order valence-electron chi connectivity index (χ3n) is 7.91. The highest BCUT2D eigenvalue weighted by Gasteiger charge is 2.19. The van der Waals surface area contributed by atoms with Crippen molar-refractivity contribution in [2.75, 3.05) is 10.6 Å². The van der Waals surface area contributed by atoms with Gasteiger partial charge in [0.25, 0.3) is 18.2 Å². The number of carbonyl (C=O) groups is 3. The minimum atomic E-state index is -2.12. The first-order valence-electron chi connectivity index (χ1n) is 17.2. The van der Waals surface area contributed by atoms with E-state index in [0.717, 1.165) is 11.1 Å². The summed E-state index contributed by atoms with van der Waals surface area (Å²) in [5.74, 6) is 0.262. The van der Waals surface area contributed by atoms with Crippen LogP contribution in [0.5, 0.6) is 34.5 Å². The molecule has 6 rings (SSSR count). The number of aryl methyl sites for hydroxylation is 2. The van der Waals surface area contributed by atoms with Gasteiger partial charge in [-0.3, -0.25) is 10.1 Å². The molecule has 15 nitrogen and oxygen atoms in total. The molecular formula is C42H36N2O13S2. The maximum Gasteiger partial charge on any atom is 0.417 e. The van der Waals surface area contributed by atoms with E-state index >= 15 is 0 Å². The van der Waals surface area contributed by atoms with E-state index in [1.807, 2.05) is 44.9 Å². The van der Waals surface area contributed by atoms with Gasteiger partial charge in [0.2, 0.25) is 0 Å². The van der Waals surface area contributed by atoms with Crippen LogP contribution in [-0.2, 0) is 32.0 Å². The van der Waals surface area contributed by atoms with E-state index in [-0.39, 0.29) is 29.2 Å². The number of carboxylic acid groups (broad SMARTS) is 1. The zero-order valence-corrected chi connectivity index (χ0v) is 33.0. The molecule has 6 aromatic carbocycles. The van der Waals surface area contributed by atoms with E-state index in [2.05, 4.69) is 15.5 Å². The number of hydrogen-bond acceptors (Lipinski definition) is 14. The monoisotopic (exact) mass is 840 g/mol. The summed E-state index contributed by atoms with van der Waals surface area (Å²) in [4.78, 5) is 42.6. The Labute approximate surface area is 345 Å². The van der Waals surface area contributed by atoms with Crippen LogP contribution in [0.4, 0.5) is 17.1 Å². The molecule has 0 aliphatic heterocycles. The molecule has 304 valence electrons. The number of carbonyl (C=O) groups excluding carboxylic acids is 2. The lowest BCUT2D eigenvalue weighted by atomic mass is 10.1. The van der Waals surface area contributed by atoms with E-state index in [0.29, 0.717) is 57.9 Å². The van der Waals surface area contributed by atoms with Gasteiger partial charge in [-0.15, -0.1) is 0 Å². The summed E-state index contributed by atoms with van der Waals surface area (Å²) in [5, 5.41) is 24.7. The summed E-state index contributed by atoms with van der Waals surface area (Å²) in [6.45, 7) is 5.75. The van der Waals surface area contributed by atoms with Crippen molar-refractivity contribution in [3.8, 4) is 34.5 Å². The van der Waals surface area contributed by atoms with Gasteiger partial charge in [0.1, 0.15) is 42.1 Å². The first kappa shape index (κ1) is 43.2. The topological polar surface area (TPSA) is 197 Å². The van der Waals surface area contributed by atoms with Crippen molar-refractivity contribution in [3.05, 3.63) is 161 Å². The molecule has 0 aliphatic carbocycles. The Hall–Kier alpha value is -6.89. The van der Waals surface area contributed by atoms with E-state index < -0.39 is 23.2 Å². The van der Waals surface area contributed by atoms with Crippen molar-refractivity contribution >= 4 is 59.4 Å². The fraction of sp³-hybridized carbons (Fsp3) is 0.0714. The number of ether oxygens (including phenoxy) is 1. The number of amides is 1. The van der Waals surface area contributed by atoms with Crippen LogP contribution in [0, 0.1) is 13.8 Å². The first-order chi connectivity index (χ1) is 28.6. The van der Waals surface area contributed by atoms with Crippen LogP contribution >= 0.6 is 12.3 Å². The number of hydrogen-bond donors (Lipinski definition) is 4. The van der Waals surface area contributed by atoms with Crippen molar-refractivity contribution in [1.82, 2.24) is 0 Å². The standard InChI is InChI=1S/C41H34N2O12S2.CH2O/c1-26-3-12-33(13-4-26)51-55-56-52-35-21-22-37(41(45)46)38(23-35)40(44)43-30-10-19-32(20-11-30)50-31-17-8-29(9-18-31)42-39-24-36(16-7-28(39)25-49-47)54-57(48)53-34-14-5-27(2)6-15-34;1-2/h3-24,42,47H,25H2,1-2H3,(H,43,44)(H,45,46);1H2. The lowest BCUT2D eigenvalue weighted by Gasteiger charge is -2.14. The van der Waals surface area contributed by atoms with Crippen molar-refractivity contribution in [1.29, 1.82) is 0 Å². The largest absolute Gasteiger partial charge is 0.478 e. The number of carboxylic acids is 1. The summed E-state index contributed by atoms with van der Waals surface area (Å²) in [6, 6.07) is 36.4. The Balaban J connectivity index is 0.00000326. The van der Waals surface area contributed by atoms with Gasteiger partial charge in [0, 0.05) is 28.7 Å². The smallest absolute Gasteiger partial charge is 0.417 e. The van der Waals surface area contributed by atoms with Crippen LogP contribution in [0.1, 0.15) is 37.4 Å². The third-order valence-corrected chi connectivity index (χ3v) is 8.95. The maximum atomic E-state index is 13.2. The molecule has 0 radical (unpaired) electrons. The summed E-state index contributed by atoms with van der Waals surface area (Å²) < 4.78 is 39.7. The average Bonchev–Trinajstić information content (AvgIpc) is 3.24. The van der Waals surface area contributed by atoms with E-state index in [4.69, 9.17) is 36.6 Å². The minimum Gasteiger partial charge on any atom is -0.478 e. The molecule has 6 aromatic rings. The lowest BCUT2D eigenvalue weighted by molar-refractivity contribution is -0.252. The molecule has 0 fully saturated rings. The Morgan fingerprint density at radius 3 is 1.81 bits per heavy atom. The molecule has 0 aromatic heterocycles. The van der Waals surface area contributed by atoms with Gasteiger partial charge in [0.05, 0.1) is 11.1 Å². The second-order valence-electron chi connectivity index (χ2n) is 12.1. The maximum absolute atomic E-state index is 13.2. The van der Waals surface area contributed by atoms with Crippen LogP contribution in [0.2, 0.25) is 0 Å². The van der Waals surface area contributed by atoms with Crippen LogP contribution in [0.15, 0.2) is 133 Å². The van der Waals surface area contributed by atoms with Crippen molar-refractivity contribution < 1.29 is 60.4 Å². The van der Waals surface area contributed by atoms with Crippen LogP contribution in [0.3, 0.4) is 0 Å². The molecule has 1 atom stereocenters. The summed E-state index contributed by atoms with van der Waals surface area (Å²) >= 11 is -1.62. The SMILES string of the molecule is C=O.Cc1ccc(OOSOc2ccc(C(=O)O)c(C(=O)Nc3ccc(Oc4ccc(Nc5cc(OS(=O)Oc6ccc(C)cc6)ccc5COO)cc4)cc3)c2)cc1. The van der Waals surface area contributed by atoms with Gasteiger partial charge in [-0.2, -0.15) is 4.21 Å². The third kappa shape index (κ3) is 13.1. The number of aromatic carboxylic acids is 1. The quantitative estimate of drug-likeness (QED) is 0.0276. The van der Waals surface area contributed by atoms with E-state index in [1.54, 1.807) is 91.0 Å². The van der Waals surface area contributed by atoms with Gasteiger partial charge in [0.15, 0.2) is 5.75 Å². The molecule has 0 spiro atoms. The molecular weight excluding hydrogens is 805 g/mol. The van der Waals surface area contributed by atoms with Crippen molar-refractivity contribution in [2.24, 2.45) is 0 Å². The molecule has 0 saturated carbocycles. The van der Waals surface area contributed by atoms with Crippen molar-refractivity contribution in [2.45, 2.75) is 20.5 Å². The first-order valence-corrected chi connectivity index (χ1v) is 18.9. The van der Waals surface area contributed by atoms with Gasteiger partial charge in [-0.05, 0) is 111 Å². The van der Waals surface area contributed by atoms with E-state index in [1.165, 1.54) is 18.2 Å². The van der Waals surface area contributed by atoms with Crippen LogP contribution in [-0.4, -0.2) is 33.2 Å². The molecule has 0 bridgehead atoms. The Bertz CT molecular complexity index is 2340. The van der Waals surface area contributed by atoms with Crippen LogP contribution in [0.25, 0.3) is 0 Å². The predicted molar refractivity (Wildman–Crippen MR) is 220 cm³/mol. The fourth-order valence-corrected chi connectivity index (χ4v) is 5.92. The highest BCUT2D eigenvalue weighted by atomic mass is 32.2. The van der Waals surface area contributed by atoms with Crippen molar-refractivity contribution in [3.63, 3.8) is 0 Å². The number of nitrogens with one attached hydrogen (secondary N) is 2. The Kier molecular flexibility index (Phi) is 15.8. The molecule has 17 heteroatoms. The van der Waals surface area contributed by atoms with Gasteiger partial charge in [-0.25, -0.2) is 9.68 Å². The molecule has 0 heterocycles. The number of rotatable bonds is 18. The van der Waals surface area contributed by atoms with Crippen LogP contribution < -0.4 is 32.8 Å². The molecule has 59 heavy (non-hydrogen) atoms. The normalized spacial score (nSPS) is 10.9. The Morgan fingerprint density at radius 2 is 1.20 bits per heavy atom. The van der Waals surface area contributed by atoms with Gasteiger partial charge >= 0.3 is 17.3 Å². The second kappa shape index (κ2) is 21.6. The second-order valence-corrected chi connectivity index (χ2v) is 13.3. The molecule has 1 amide bonds. The summed E-state index contributed by atoms with van der Waals surface area (Å²) in [7, 11) is 0. The average molecular weight is 841 g/mol. The summed E-state index contributed by atoms with van der Waals surface area (Å²) in [5.41, 5.74) is 3.89. The fourth-order valence-electron chi connectivity index (χ4n) is 5.04. The highest BCUT2D eigenvalue weighted by Crippen LogP contribution is 2.31.